The van der Waals surface area contributed by atoms with E-state index in [2.05, 4.69) is 32.5 Å². The lowest BCUT2D eigenvalue weighted by molar-refractivity contribution is -0.153. The number of fused-ring (bicyclic) bond motifs is 1. The molecule has 0 aliphatic carbocycles. The highest BCUT2D eigenvalue weighted by Gasteiger charge is 2.31. The minimum absolute atomic E-state index is 0.322. The maximum absolute atomic E-state index is 13.2. The molecule has 0 N–H and O–H groups in total. The Bertz CT molecular complexity index is 989. The molecule has 10 nitrogen and oxygen atoms in total. The van der Waals surface area contributed by atoms with E-state index >= 15 is 0 Å². The first kappa shape index (κ1) is 24.5. The zero-order chi connectivity index (χ0) is 23.7. The van der Waals surface area contributed by atoms with Crippen LogP contribution in [0.25, 0.3) is 5.65 Å². The maximum Gasteiger partial charge on any atom is 0.415 e. The Morgan fingerprint density at radius 3 is 2.34 bits per heavy atom. The fourth-order valence-corrected chi connectivity index (χ4v) is 3.60. The van der Waals surface area contributed by atoms with Gasteiger partial charge in [0.05, 0.1) is 25.1 Å². The predicted molar refractivity (Wildman–Crippen MR) is 128 cm³/mol. The molecule has 0 spiro atoms. The van der Waals surface area contributed by atoms with Crippen LogP contribution in [-0.4, -0.2) is 70.7 Å². The third kappa shape index (κ3) is 6.21. The molecular weight excluding hydrogens is 529 g/mol. The van der Waals surface area contributed by atoms with Gasteiger partial charge in [0.2, 0.25) is 0 Å². The van der Waals surface area contributed by atoms with E-state index < -0.39 is 23.3 Å². The van der Waals surface area contributed by atoms with Gasteiger partial charge in [-0.05, 0) is 64.1 Å². The van der Waals surface area contributed by atoms with Gasteiger partial charge >= 0.3 is 12.1 Å². The molecule has 2 aromatic rings. The van der Waals surface area contributed by atoms with Gasteiger partial charge in [0, 0.05) is 19.2 Å². The summed E-state index contributed by atoms with van der Waals surface area (Å²) in [6, 6.07) is 1.76. The molecule has 3 rings (SSSR count). The van der Waals surface area contributed by atoms with E-state index in [1.807, 2.05) is 0 Å². The number of esters is 1. The van der Waals surface area contributed by atoms with Crippen molar-refractivity contribution in [3.05, 3.63) is 16.0 Å². The molecule has 0 atom stereocenters. The lowest BCUT2D eigenvalue weighted by Gasteiger charge is -2.30. The fourth-order valence-electron chi connectivity index (χ4n) is 3.13. The lowest BCUT2D eigenvalue weighted by atomic mass is 10.2. The van der Waals surface area contributed by atoms with Crippen molar-refractivity contribution in [3.63, 3.8) is 0 Å². The van der Waals surface area contributed by atoms with Crippen molar-refractivity contribution in [2.45, 2.75) is 52.7 Å². The predicted octanol–water partition coefficient (Wildman–Crippen LogP) is 3.25. The van der Waals surface area contributed by atoms with Crippen LogP contribution >= 0.6 is 22.6 Å². The molecule has 0 saturated carbocycles. The van der Waals surface area contributed by atoms with Crippen LogP contribution in [0.3, 0.4) is 0 Å². The summed E-state index contributed by atoms with van der Waals surface area (Å²) in [6.45, 7) is 12.8. The van der Waals surface area contributed by atoms with Gasteiger partial charge in [-0.15, -0.1) is 5.10 Å². The monoisotopic (exact) mass is 559 g/mol. The van der Waals surface area contributed by atoms with E-state index in [4.69, 9.17) is 19.3 Å². The van der Waals surface area contributed by atoms with Crippen molar-refractivity contribution in [2.75, 3.05) is 42.6 Å². The third-order valence-electron chi connectivity index (χ3n) is 4.34. The number of aromatic nitrogens is 3. The second-order valence-corrected chi connectivity index (χ2v) is 10.6. The molecule has 1 saturated heterocycles. The standard InChI is InChI=1S/C21H30IN5O5/c1-20(2,3)31-17(28)13-26(19(29)32-21(4,5)6)14-11-16(25-7-9-30-10-8-25)24-27-15(22)12-23-18(14)27/h11-12H,7-10,13H2,1-6H3. The quantitative estimate of drug-likeness (QED) is 0.416. The molecule has 11 heteroatoms. The molecule has 0 bridgehead atoms. The van der Waals surface area contributed by atoms with E-state index in [0.717, 1.165) is 3.70 Å². The minimum Gasteiger partial charge on any atom is -0.459 e. The first-order valence-corrected chi connectivity index (χ1v) is 11.5. The first-order valence-electron chi connectivity index (χ1n) is 10.4. The van der Waals surface area contributed by atoms with Gasteiger partial charge in [0.25, 0.3) is 0 Å². The average Bonchev–Trinajstić information content (AvgIpc) is 3.04. The van der Waals surface area contributed by atoms with Crippen molar-refractivity contribution < 1.29 is 23.8 Å². The van der Waals surface area contributed by atoms with Gasteiger partial charge in [-0.2, -0.15) is 0 Å². The van der Waals surface area contributed by atoms with Crippen LogP contribution in [-0.2, 0) is 19.0 Å². The molecule has 1 aliphatic heterocycles. The van der Waals surface area contributed by atoms with E-state index in [0.29, 0.717) is 43.5 Å². The second kappa shape index (κ2) is 9.38. The molecule has 2 aromatic heterocycles. The summed E-state index contributed by atoms with van der Waals surface area (Å²) in [5, 5.41) is 4.70. The number of rotatable bonds is 4. The van der Waals surface area contributed by atoms with Crippen LogP contribution in [0.5, 0.6) is 0 Å². The zero-order valence-electron chi connectivity index (χ0n) is 19.3. The molecular formula is C21H30IN5O5. The minimum atomic E-state index is -0.747. The van der Waals surface area contributed by atoms with Crippen molar-refractivity contribution in [3.8, 4) is 0 Å². The Morgan fingerprint density at radius 1 is 1.12 bits per heavy atom. The van der Waals surface area contributed by atoms with Gasteiger partial charge in [0.15, 0.2) is 11.5 Å². The Kier molecular flexibility index (Phi) is 7.18. The van der Waals surface area contributed by atoms with E-state index in [9.17, 15) is 9.59 Å². The van der Waals surface area contributed by atoms with E-state index in [1.54, 1.807) is 58.3 Å². The first-order chi connectivity index (χ1) is 14.8. The SMILES string of the molecule is CC(C)(C)OC(=O)CN(C(=O)OC(C)(C)C)c1cc(N2CCOCC2)nn2c(I)cnc12. The highest BCUT2D eigenvalue weighted by molar-refractivity contribution is 14.1. The van der Waals surface area contributed by atoms with Gasteiger partial charge in [-0.1, -0.05) is 0 Å². The summed E-state index contributed by atoms with van der Waals surface area (Å²) in [4.78, 5) is 33.7. The number of anilines is 2. The van der Waals surface area contributed by atoms with Gasteiger partial charge in [-0.3, -0.25) is 9.69 Å². The molecule has 1 fully saturated rings. The van der Waals surface area contributed by atoms with Crippen molar-refractivity contribution >= 4 is 51.8 Å². The Hall–Kier alpha value is -2.15. The summed E-state index contributed by atoms with van der Waals surface area (Å²) in [5.41, 5.74) is -0.569. The summed E-state index contributed by atoms with van der Waals surface area (Å²) >= 11 is 2.13. The van der Waals surface area contributed by atoms with Crippen LogP contribution in [0.2, 0.25) is 0 Å². The van der Waals surface area contributed by atoms with Crippen LogP contribution < -0.4 is 9.80 Å². The van der Waals surface area contributed by atoms with Gasteiger partial charge < -0.3 is 19.1 Å². The zero-order valence-corrected chi connectivity index (χ0v) is 21.5. The number of hydrogen-bond acceptors (Lipinski definition) is 8. The molecule has 176 valence electrons. The topological polar surface area (TPSA) is 98.5 Å². The highest BCUT2D eigenvalue weighted by Crippen LogP contribution is 2.29. The summed E-state index contributed by atoms with van der Waals surface area (Å²) in [7, 11) is 0. The maximum atomic E-state index is 13.2. The van der Waals surface area contributed by atoms with Crippen molar-refractivity contribution in [1.29, 1.82) is 0 Å². The molecule has 0 unspecified atom stereocenters. The number of imidazole rings is 1. The Morgan fingerprint density at radius 2 is 1.75 bits per heavy atom. The molecule has 32 heavy (non-hydrogen) atoms. The summed E-state index contributed by atoms with van der Waals surface area (Å²) in [6.07, 6.45) is 0.998. The molecule has 0 aromatic carbocycles. The fraction of sp³-hybridized carbons (Fsp3) is 0.619. The molecule has 1 amide bonds. The normalized spacial score (nSPS) is 15.0. The van der Waals surface area contributed by atoms with Crippen molar-refractivity contribution in [2.24, 2.45) is 0 Å². The summed E-state index contributed by atoms with van der Waals surface area (Å²) < 4.78 is 19.0. The number of hydrogen-bond donors (Lipinski definition) is 0. The van der Waals surface area contributed by atoms with E-state index in [-0.39, 0.29) is 6.54 Å². The molecule has 0 radical (unpaired) electrons. The largest absolute Gasteiger partial charge is 0.459 e. The highest BCUT2D eigenvalue weighted by atomic mass is 127. The Balaban J connectivity index is 2.08. The Labute approximate surface area is 201 Å². The lowest BCUT2D eigenvalue weighted by Crippen LogP contribution is -2.42. The number of morpholine rings is 1. The van der Waals surface area contributed by atoms with Crippen molar-refractivity contribution in [1.82, 2.24) is 14.6 Å². The number of carbonyl (C=O) groups is 2. The van der Waals surface area contributed by atoms with E-state index in [1.165, 1.54) is 4.90 Å². The van der Waals surface area contributed by atoms with Gasteiger partial charge in [-0.25, -0.2) is 14.3 Å². The number of amides is 1. The van der Waals surface area contributed by atoms with Crippen LogP contribution in [0.4, 0.5) is 16.3 Å². The number of halogens is 1. The number of ether oxygens (including phenoxy) is 3. The molecule has 1 aliphatic rings. The third-order valence-corrected chi connectivity index (χ3v) is 5.08. The smallest absolute Gasteiger partial charge is 0.415 e. The summed E-state index contributed by atoms with van der Waals surface area (Å²) in [5.74, 6) is 0.108. The van der Waals surface area contributed by atoms with Crippen LogP contribution in [0.1, 0.15) is 41.5 Å². The van der Waals surface area contributed by atoms with Crippen LogP contribution in [0, 0.1) is 3.70 Å². The molecule has 3 heterocycles. The van der Waals surface area contributed by atoms with Crippen LogP contribution in [0.15, 0.2) is 12.3 Å². The van der Waals surface area contributed by atoms with Gasteiger partial charge in [0.1, 0.15) is 21.4 Å². The number of nitrogens with zero attached hydrogens (tertiary/aromatic N) is 5. The number of carbonyl (C=O) groups excluding carboxylic acids is 2. The second-order valence-electron chi connectivity index (χ2n) is 9.46. The average molecular weight is 559 g/mol.